The molecular weight excluding hydrogens is 341 g/mol. The lowest BCUT2D eigenvalue weighted by molar-refractivity contribution is 0.416. The minimum Gasteiger partial charge on any atom is -0.495 e. The summed E-state index contributed by atoms with van der Waals surface area (Å²) in [5.74, 6) is 1.30. The fourth-order valence-corrected chi connectivity index (χ4v) is 3.42. The number of benzene rings is 1. The number of halogens is 2. The third-order valence-electron chi connectivity index (χ3n) is 3.22. The van der Waals surface area contributed by atoms with Crippen LogP contribution >= 0.6 is 34.5 Å². The van der Waals surface area contributed by atoms with Gasteiger partial charge in [0.1, 0.15) is 16.4 Å². The van der Waals surface area contributed by atoms with E-state index in [-0.39, 0.29) is 5.28 Å². The Hall–Kier alpha value is -1.56. The first-order valence-corrected chi connectivity index (χ1v) is 8.10. The molecule has 114 valence electrons. The van der Waals surface area contributed by atoms with Gasteiger partial charge in [-0.05, 0) is 43.1 Å². The Morgan fingerprint density at radius 3 is 2.64 bits per heavy atom. The fraction of sp³-hybridized carbons (Fsp3) is 0.200. The van der Waals surface area contributed by atoms with Crippen LogP contribution in [0.25, 0.3) is 10.2 Å². The highest BCUT2D eigenvalue weighted by Crippen LogP contribution is 2.36. The van der Waals surface area contributed by atoms with Crippen molar-refractivity contribution in [3.05, 3.63) is 38.9 Å². The molecule has 0 radical (unpaired) electrons. The van der Waals surface area contributed by atoms with E-state index in [0.29, 0.717) is 16.6 Å². The Labute approximate surface area is 142 Å². The van der Waals surface area contributed by atoms with Gasteiger partial charge in [0.15, 0.2) is 0 Å². The predicted molar refractivity (Wildman–Crippen MR) is 93.2 cm³/mol. The van der Waals surface area contributed by atoms with Crippen LogP contribution in [-0.4, -0.2) is 17.1 Å². The summed E-state index contributed by atoms with van der Waals surface area (Å²) in [5.41, 5.74) is 1.73. The third-order valence-corrected chi connectivity index (χ3v) is 4.74. The molecule has 0 bridgehead atoms. The van der Waals surface area contributed by atoms with Crippen LogP contribution in [-0.2, 0) is 0 Å². The Balaban J connectivity index is 2.12. The van der Waals surface area contributed by atoms with Crippen molar-refractivity contribution in [2.75, 3.05) is 12.4 Å². The summed E-state index contributed by atoms with van der Waals surface area (Å²) < 4.78 is 5.38. The molecule has 1 aromatic carbocycles. The zero-order valence-corrected chi connectivity index (χ0v) is 14.5. The standard InChI is InChI=1S/C15H13Cl2N3OS/c1-7-4-11(12(21-3)6-10(7)16)18-13-9-5-8(2)22-14(9)20-15(17)19-13/h4-6H,1-3H3,(H,18,19,20). The number of hydrogen-bond donors (Lipinski definition) is 1. The van der Waals surface area contributed by atoms with Crippen molar-refractivity contribution >= 4 is 56.3 Å². The zero-order chi connectivity index (χ0) is 15.9. The van der Waals surface area contributed by atoms with Crippen molar-refractivity contribution in [2.45, 2.75) is 13.8 Å². The molecule has 0 saturated carbocycles. The maximum Gasteiger partial charge on any atom is 0.225 e. The van der Waals surface area contributed by atoms with Crippen LogP contribution in [0.2, 0.25) is 10.3 Å². The van der Waals surface area contributed by atoms with Gasteiger partial charge in [0.25, 0.3) is 0 Å². The topological polar surface area (TPSA) is 47.0 Å². The summed E-state index contributed by atoms with van der Waals surface area (Å²) in [6.07, 6.45) is 0. The van der Waals surface area contributed by atoms with Gasteiger partial charge in [0, 0.05) is 16.0 Å². The van der Waals surface area contributed by atoms with Gasteiger partial charge < -0.3 is 10.1 Å². The maximum atomic E-state index is 6.14. The number of aromatic nitrogens is 2. The summed E-state index contributed by atoms with van der Waals surface area (Å²) in [4.78, 5) is 10.6. The van der Waals surface area contributed by atoms with E-state index in [9.17, 15) is 0 Å². The molecule has 0 atom stereocenters. The average molecular weight is 354 g/mol. The monoisotopic (exact) mass is 353 g/mol. The van der Waals surface area contributed by atoms with E-state index < -0.39 is 0 Å². The predicted octanol–water partition coefficient (Wildman–Crippen LogP) is 5.37. The first-order chi connectivity index (χ1) is 10.5. The smallest absolute Gasteiger partial charge is 0.225 e. The number of nitrogens with one attached hydrogen (secondary N) is 1. The first kappa shape index (κ1) is 15.3. The molecular formula is C15H13Cl2N3OS. The molecule has 0 aliphatic heterocycles. The molecule has 1 N–H and O–H groups in total. The molecule has 0 spiro atoms. The van der Waals surface area contributed by atoms with Gasteiger partial charge in [-0.25, -0.2) is 4.98 Å². The van der Waals surface area contributed by atoms with Gasteiger partial charge in [-0.15, -0.1) is 11.3 Å². The number of aryl methyl sites for hydroxylation is 2. The van der Waals surface area contributed by atoms with Crippen LogP contribution in [0.5, 0.6) is 5.75 Å². The molecule has 3 rings (SSSR count). The number of methoxy groups -OCH3 is 1. The van der Waals surface area contributed by atoms with Gasteiger partial charge in [0.2, 0.25) is 5.28 Å². The summed E-state index contributed by atoms with van der Waals surface area (Å²) in [5, 5.41) is 5.07. The van der Waals surface area contributed by atoms with Gasteiger partial charge in [-0.1, -0.05) is 11.6 Å². The van der Waals surface area contributed by atoms with Crippen molar-refractivity contribution in [3.63, 3.8) is 0 Å². The number of nitrogens with zero attached hydrogens (tertiary/aromatic N) is 2. The van der Waals surface area contributed by atoms with E-state index in [1.807, 2.05) is 26.0 Å². The van der Waals surface area contributed by atoms with Gasteiger partial charge >= 0.3 is 0 Å². The number of hydrogen-bond acceptors (Lipinski definition) is 5. The van der Waals surface area contributed by atoms with E-state index in [0.717, 1.165) is 26.3 Å². The highest BCUT2D eigenvalue weighted by molar-refractivity contribution is 7.18. The molecule has 0 unspecified atom stereocenters. The lowest BCUT2D eigenvalue weighted by atomic mass is 10.2. The van der Waals surface area contributed by atoms with Crippen molar-refractivity contribution < 1.29 is 4.74 Å². The van der Waals surface area contributed by atoms with Gasteiger partial charge in [0.05, 0.1) is 18.2 Å². The van der Waals surface area contributed by atoms with Gasteiger partial charge in [-0.3, -0.25) is 0 Å². The molecule has 0 amide bonds. The van der Waals surface area contributed by atoms with E-state index in [1.54, 1.807) is 24.5 Å². The molecule has 0 aliphatic rings. The molecule has 0 fully saturated rings. The number of ether oxygens (including phenoxy) is 1. The second-order valence-corrected chi connectivity index (χ2v) is 6.82. The lowest BCUT2D eigenvalue weighted by Crippen LogP contribution is -1.99. The molecule has 0 aliphatic carbocycles. The van der Waals surface area contributed by atoms with Crippen molar-refractivity contribution in [3.8, 4) is 5.75 Å². The van der Waals surface area contributed by atoms with Crippen LogP contribution in [0.15, 0.2) is 18.2 Å². The summed E-state index contributed by atoms with van der Waals surface area (Å²) in [7, 11) is 1.60. The molecule has 0 saturated heterocycles. The van der Waals surface area contributed by atoms with E-state index >= 15 is 0 Å². The lowest BCUT2D eigenvalue weighted by Gasteiger charge is -2.13. The largest absolute Gasteiger partial charge is 0.495 e. The summed E-state index contributed by atoms with van der Waals surface area (Å²) in [6.45, 7) is 3.96. The maximum absolute atomic E-state index is 6.14. The van der Waals surface area contributed by atoms with Crippen LogP contribution in [0.1, 0.15) is 10.4 Å². The van der Waals surface area contributed by atoms with Crippen LogP contribution in [0.4, 0.5) is 11.5 Å². The number of anilines is 2. The Morgan fingerprint density at radius 2 is 1.91 bits per heavy atom. The molecule has 2 heterocycles. The molecule has 3 aromatic rings. The Morgan fingerprint density at radius 1 is 1.14 bits per heavy atom. The molecule has 7 heteroatoms. The first-order valence-electron chi connectivity index (χ1n) is 6.53. The SMILES string of the molecule is COc1cc(Cl)c(C)cc1Nc1nc(Cl)nc2sc(C)cc12. The fourth-order valence-electron chi connectivity index (χ4n) is 2.17. The number of rotatable bonds is 3. The Bertz CT molecular complexity index is 864. The minimum atomic E-state index is 0.210. The second kappa shape index (κ2) is 5.91. The van der Waals surface area contributed by atoms with E-state index in [1.165, 1.54) is 0 Å². The zero-order valence-electron chi connectivity index (χ0n) is 12.2. The van der Waals surface area contributed by atoms with Crippen LogP contribution < -0.4 is 10.1 Å². The average Bonchev–Trinajstić information content (AvgIpc) is 2.83. The third kappa shape index (κ3) is 2.84. The summed E-state index contributed by atoms with van der Waals surface area (Å²) in [6, 6.07) is 5.73. The van der Waals surface area contributed by atoms with Crippen LogP contribution in [0, 0.1) is 13.8 Å². The quantitative estimate of drug-likeness (QED) is 0.643. The van der Waals surface area contributed by atoms with E-state index in [4.69, 9.17) is 27.9 Å². The van der Waals surface area contributed by atoms with Crippen molar-refractivity contribution in [1.29, 1.82) is 0 Å². The summed E-state index contributed by atoms with van der Waals surface area (Å²) >= 11 is 13.7. The van der Waals surface area contributed by atoms with Crippen molar-refractivity contribution in [1.82, 2.24) is 9.97 Å². The van der Waals surface area contributed by atoms with Crippen molar-refractivity contribution in [2.24, 2.45) is 0 Å². The molecule has 2 aromatic heterocycles. The minimum absolute atomic E-state index is 0.210. The van der Waals surface area contributed by atoms with Crippen LogP contribution in [0.3, 0.4) is 0 Å². The number of fused-ring (bicyclic) bond motifs is 1. The van der Waals surface area contributed by atoms with Gasteiger partial charge in [-0.2, -0.15) is 4.98 Å². The van der Waals surface area contributed by atoms with E-state index in [2.05, 4.69) is 15.3 Å². The normalized spacial score (nSPS) is 11.0. The highest BCUT2D eigenvalue weighted by atomic mass is 35.5. The second-order valence-electron chi connectivity index (χ2n) is 4.84. The Kier molecular flexibility index (Phi) is 4.12. The molecule has 22 heavy (non-hydrogen) atoms. The molecule has 4 nitrogen and oxygen atoms in total. The highest BCUT2D eigenvalue weighted by Gasteiger charge is 2.13. The number of thiophene rings is 1.